The summed E-state index contributed by atoms with van der Waals surface area (Å²) in [5.74, 6) is 2.46. The number of piperazine rings is 1. The number of amides is 1. The predicted molar refractivity (Wildman–Crippen MR) is 135 cm³/mol. The fraction of sp³-hybridized carbons (Fsp3) is 0.731. The minimum atomic E-state index is 0.338. The highest BCUT2D eigenvalue weighted by Crippen LogP contribution is 2.39. The summed E-state index contributed by atoms with van der Waals surface area (Å²) in [5.41, 5.74) is 1.52. The Morgan fingerprint density at radius 3 is 2.47 bits per heavy atom. The van der Waals surface area contributed by atoms with Gasteiger partial charge in [-0.15, -0.1) is 11.3 Å². The molecule has 0 N–H and O–H groups in total. The van der Waals surface area contributed by atoms with E-state index in [2.05, 4.69) is 23.6 Å². The van der Waals surface area contributed by atoms with Gasteiger partial charge in [-0.25, -0.2) is 9.97 Å². The second-order valence-corrected chi connectivity index (χ2v) is 10.6. The van der Waals surface area contributed by atoms with Crippen molar-refractivity contribution in [1.29, 1.82) is 0 Å². The lowest BCUT2D eigenvalue weighted by Gasteiger charge is -2.36. The van der Waals surface area contributed by atoms with Crippen LogP contribution in [0.1, 0.15) is 94.3 Å². The Balaban J connectivity index is 1.47. The number of carbonyl (C=O) groups excluding carboxylic acids is 1. The second kappa shape index (κ2) is 11.4. The minimum Gasteiger partial charge on any atom is -0.352 e. The van der Waals surface area contributed by atoms with Gasteiger partial charge in [-0.1, -0.05) is 46.0 Å². The Morgan fingerprint density at radius 1 is 0.906 bits per heavy atom. The zero-order valence-corrected chi connectivity index (χ0v) is 20.9. The molecule has 0 atom stereocenters. The third-order valence-electron chi connectivity index (χ3n) is 6.99. The molecule has 1 aliphatic carbocycles. The molecule has 32 heavy (non-hydrogen) atoms. The molecule has 3 heterocycles. The highest BCUT2D eigenvalue weighted by Gasteiger charge is 2.27. The molecular formula is C26H40N4OS. The van der Waals surface area contributed by atoms with E-state index in [0.717, 1.165) is 63.5 Å². The van der Waals surface area contributed by atoms with Crippen molar-refractivity contribution in [2.45, 2.75) is 97.3 Å². The van der Waals surface area contributed by atoms with Gasteiger partial charge in [0.25, 0.3) is 0 Å². The molecule has 5 nitrogen and oxygen atoms in total. The fourth-order valence-electron chi connectivity index (χ4n) is 5.13. The SMILES string of the molecule is CCCCCCCC(=O)N1CCN(c2nc(CCC)nc3sc4c(c23)CCCCC4)CC1. The van der Waals surface area contributed by atoms with Gasteiger partial charge < -0.3 is 9.80 Å². The molecule has 0 radical (unpaired) electrons. The first-order chi connectivity index (χ1) is 15.7. The number of hydrogen-bond donors (Lipinski definition) is 0. The first kappa shape index (κ1) is 23.5. The van der Waals surface area contributed by atoms with E-state index < -0.39 is 0 Å². The average Bonchev–Trinajstić information content (AvgIpc) is 2.99. The summed E-state index contributed by atoms with van der Waals surface area (Å²) >= 11 is 1.91. The van der Waals surface area contributed by atoms with Crippen molar-refractivity contribution in [3.8, 4) is 0 Å². The summed E-state index contributed by atoms with van der Waals surface area (Å²) in [5, 5.41) is 1.32. The monoisotopic (exact) mass is 456 g/mol. The van der Waals surface area contributed by atoms with Crippen molar-refractivity contribution < 1.29 is 4.79 Å². The zero-order chi connectivity index (χ0) is 22.3. The van der Waals surface area contributed by atoms with E-state index in [1.807, 2.05) is 11.3 Å². The molecule has 1 amide bonds. The van der Waals surface area contributed by atoms with Crippen molar-refractivity contribution in [1.82, 2.24) is 14.9 Å². The van der Waals surface area contributed by atoms with E-state index in [9.17, 15) is 4.79 Å². The molecule has 0 aromatic carbocycles. The summed E-state index contributed by atoms with van der Waals surface area (Å²) in [7, 11) is 0. The molecule has 6 heteroatoms. The second-order valence-electron chi connectivity index (χ2n) is 9.49. The molecule has 0 saturated carbocycles. The number of hydrogen-bond acceptors (Lipinski definition) is 5. The van der Waals surface area contributed by atoms with Crippen LogP contribution in [-0.4, -0.2) is 47.0 Å². The molecule has 0 unspecified atom stereocenters. The van der Waals surface area contributed by atoms with Crippen LogP contribution in [0.5, 0.6) is 0 Å². The van der Waals surface area contributed by atoms with Gasteiger partial charge in [0.2, 0.25) is 5.91 Å². The van der Waals surface area contributed by atoms with Gasteiger partial charge in [0, 0.05) is 43.9 Å². The van der Waals surface area contributed by atoms with Crippen molar-refractivity contribution in [2.24, 2.45) is 0 Å². The molecule has 1 fully saturated rings. The lowest BCUT2D eigenvalue weighted by atomic mass is 10.1. The van der Waals surface area contributed by atoms with Crippen molar-refractivity contribution in [3.63, 3.8) is 0 Å². The van der Waals surface area contributed by atoms with Gasteiger partial charge >= 0.3 is 0 Å². The molecular weight excluding hydrogens is 416 g/mol. The van der Waals surface area contributed by atoms with Crippen molar-refractivity contribution in [2.75, 3.05) is 31.1 Å². The van der Waals surface area contributed by atoms with E-state index >= 15 is 0 Å². The Bertz CT molecular complexity index is 901. The van der Waals surface area contributed by atoms with Crippen LogP contribution in [-0.2, 0) is 24.1 Å². The minimum absolute atomic E-state index is 0.338. The van der Waals surface area contributed by atoms with Gasteiger partial charge in [-0.3, -0.25) is 4.79 Å². The molecule has 2 aromatic heterocycles. The molecule has 0 bridgehead atoms. The quantitative estimate of drug-likeness (QED) is 0.347. The molecule has 4 rings (SSSR count). The fourth-order valence-corrected chi connectivity index (χ4v) is 6.40. The number of nitrogens with zero attached hydrogens (tertiary/aromatic N) is 4. The lowest BCUT2D eigenvalue weighted by molar-refractivity contribution is -0.131. The Labute approximate surface area is 197 Å². The summed E-state index contributed by atoms with van der Waals surface area (Å²) in [4.78, 5) is 30.0. The van der Waals surface area contributed by atoms with Crippen LogP contribution in [0.4, 0.5) is 5.82 Å². The number of thiophene rings is 1. The van der Waals surface area contributed by atoms with Gasteiger partial charge in [-0.05, 0) is 44.1 Å². The lowest BCUT2D eigenvalue weighted by Crippen LogP contribution is -2.49. The third kappa shape index (κ3) is 5.44. The smallest absolute Gasteiger partial charge is 0.222 e. The maximum atomic E-state index is 12.7. The highest BCUT2D eigenvalue weighted by atomic mass is 32.1. The zero-order valence-electron chi connectivity index (χ0n) is 20.1. The van der Waals surface area contributed by atoms with Crippen LogP contribution in [0.15, 0.2) is 0 Å². The first-order valence-corrected chi connectivity index (χ1v) is 13.9. The van der Waals surface area contributed by atoms with Crippen LogP contribution in [0, 0.1) is 0 Å². The first-order valence-electron chi connectivity index (χ1n) is 13.0. The van der Waals surface area contributed by atoms with E-state index in [1.54, 1.807) is 4.88 Å². The maximum Gasteiger partial charge on any atom is 0.222 e. The van der Waals surface area contributed by atoms with Gasteiger partial charge in [0.05, 0.1) is 5.39 Å². The number of fused-ring (bicyclic) bond motifs is 3. The maximum absolute atomic E-state index is 12.7. The van der Waals surface area contributed by atoms with Crippen LogP contribution in [0.3, 0.4) is 0 Å². The van der Waals surface area contributed by atoms with Crippen molar-refractivity contribution >= 4 is 33.3 Å². The number of rotatable bonds is 9. The van der Waals surface area contributed by atoms with E-state index in [0.29, 0.717) is 12.3 Å². The normalized spacial score (nSPS) is 16.9. The van der Waals surface area contributed by atoms with Crippen LogP contribution in [0.25, 0.3) is 10.2 Å². The van der Waals surface area contributed by atoms with E-state index in [-0.39, 0.29) is 0 Å². The van der Waals surface area contributed by atoms with Crippen molar-refractivity contribution in [3.05, 3.63) is 16.3 Å². The molecule has 1 saturated heterocycles. The molecule has 2 aromatic rings. The largest absolute Gasteiger partial charge is 0.352 e. The average molecular weight is 457 g/mol. The molecule has 176 valence electrons. The number of aryl methyl sites for hydroxylation is 3. The standard InChI is InChI=1S/C26H40N4OS/c1-3-5-6-7-11-15-23(31)29-16-18-30(19-17-29)25-24-20-13-9-8-10-14-21(20)32-26(24)28-22(27-25)12-4-2/h3-19H2,1-2H3. The number of unbranched alkanes of at least 4 members (excludes halogenated alkanes) is 4. The summed E-state index contributed by atoms with van der Waals surface area (Å²) in [6, 6.07) is 0. The summed E-state index contributed by atoms with van der Waals surface area (Å²) in [6.45, 7) is 7.81. The Morgan fingerprint density at radius 2 is 1.69 bits per heavy atom. The summed E-state index contributed by atoms with van der Waals surface area (Å²) < 4.78 is 0. The molecule has 2 aliphatic rings. The topological polar surface area (TPSA) is 49.3 Å². The van der Waals surface area contributed by atoms with E-state index in [4.69, 9.17) is 9.97 Å². The predicted octanol–water partition coefficient (Wildman–Crippen LogP) is 5.92. The number of carbonyl (C=O) groups is 1. The van der Waals surface area contributed by atoms with Gasteiger partial charge in [0.1, 0.15) is 16.5 Å². The number of anilines is 1. The van der Waals surface area contributed by atoms with Crippen LogP contribution >= 0.6 is 11.3 Å². The van der Waals surface area contributed by atoms with Crippen LogP contribution in [0.2, 0.25) is 0 Å². The summed E-state index contributed by atoms with van der Waals surface area (Å²) in [6.07, 6.45) is 15.0. The third-order valence-corrected chi connectivity index (χ3v) is 8.18. The number of aromatic nitrogens is 2. The van der Waals surface area contributed by atoms with E-state index in [1.165, 1.54) is 67.1 Å². The highest BCUT2D eigenvalue weighted by molar-refractivity contribution is 7.19. The molecule has 0 spiro atoms. The Hall–Kier alpha value is -1.69. The Kier molecular flexibility index (Phi) is 8.39. The van der Waals surface area contributed by atoms with Crippen LogP contribution < -0.4 is 4.90 Å². The van der Waals surface area contributed by atoms with Gasteiger partial charge in [-0.2, -0.15) is 0 Å². The van der Waals surface area contributed by atoms with Gasteiger partial charge in [0.15, 0.2) is 0 Å². The molecule has 1 aliphatic heterocycles.